The SMILES string of the molecule is NCCNc1cnn(-c2ccccc2Cl)c1. The van der Waals surface area contributed by atoms with Crippen molar-refractivity contribution in [3.63, 3.8) is 0 Å². The Bertz CT molecular complexity index is 467. The smallest absolute Gasteiger partial charge is 0.0832 e. The molecular weight excluding hydrogens is 224 g/mol. The van der Waals surface area contributed by atoms with Gasteiger partial charge in [-0.1, -0.05) is 23.7 Å². The van der Waals surface area contributed by atoms with Crippen molar-refractivity contribution in [2.45, 2.75) is 0 Å². The first-order valence-corrected chi connectivity index (χ1v) is 5.42. The molecule has 1 heterocycles. The largest absolute Gasteiger partial charge is 0.381 e. The Morgan fingerprint density at radius 2 is 2.19 bits per heavy atom. The molecule has 1 aromatic carbocycles. The summed E-state index contributed by atoms with van der Waals surface area (Å²) in [6.45, 7) is 1.32. The molecule has 0 unspecified atom stereocenters. The summed E-state index contributed by atoms with van der Waals surface area (Å²) in [4.78, 5) is 0. The van der Waals surface area contributed by atoms with E-state index >= 15 is 0 Å². The molecule has 2 rings (SSSR count). The van der Waals surface area contributed by atoms with E-state index in [1.54, 1.807) is 10.9 Å². The molecule has 16 heavy (non-hydrogen) atoms. The van der Waals surface area contributed by atoms with Gasteiger partial charge in [0.05, 0.1) is 28.8 Å². The van der Waals surface area contributed by atoms with Crippen molar-refractivity contribution in [1.82, 2.24) is 9.78 Å². The average molecular weight is 237 g/mol. The molecule has 0 bridgehead atoms. The van der Waals surface area contributed by atoms with Crippen molar-refractivity contribution in [2.75, 3.05) is 18.4 Å². The minimum atomic E-state index is 0.595. The Morgan fingerprint density at radius 3 is 2.94 bits per heavy atom. The lowest BCUT2D eigenvalue weighted by molar-refractivity contribution is 0.881. The highest BCUT2D eigenvalue weighted by atomic mass is 35.5. The first-order chi connectivity index (χ1) is 7.81. The Labute approximate surface area is 99.0 Å². The van der Waals surface area contributed by atoms with Gasteiger partial charge in [-0.2, -0.15) is 5.10 Å². The zero-order chi connectivity index (χ0) is 11.4. The van der Waals surface area contributed by atoms with Crippen LogP contribution in [-0.2, 0) is 0 Å². The fourth-order valence-corrected chi connectivity index (χ4v) is 1.62. The van der Waals surface area contributed by atoms with Crippen LogP contribution in [0.4, 0.5) is 5.69 Å². The highest BCUT2D eigenvalue weighted by Gasteiger charge is 2.03. The second kappa shape index (κ2) is 5.01. The van der Waals surface area contributed by atoms with Gasteiger partial charge in [0.15, 0.2) is 0 Å². The number of benzene rings is 1. The summed E-state index contributed by atoms with van der Waals surface area (Å²) in [5.74, 6) is 0. The van der Waals surface area contributed by atoms with Crippen LogP contribution in [0.3, 0.4) is 0 Å². The summed E-state index contributed by atoms with van der Waals surface area (Å²) in [5, 5.41) is 8.06. The normalized spacial score (nSPS) is 10.4. The number of nitrogens with two attached hydrogens (primary N) is 1. The van der Waals surface area contributed by atoms with Crippen molar-refractivity contribution in [2.24, 2.45) is 5.73 Å². The Kier molecular flexibility index (Phi) is 3.44. The Hall–Kier alpha value is -1.52. The van der Waals surface area contributed by atoms with Crippen LogP contribution in [0.2, 0.25) is 5.02 Å². The third kappa shape index (κ3) is 2.35. The second-order valence-corrected chi connectivity index (χ2v) is 3.75. The third-order valence-electron chi connectivity index (χ3n) is 2.16. The predicted molar refractivity (Wildman–Crippen MR) is 66.1 cm³/mol. The van der Waals surface area contributed by atoms with E-state index in [0.717, 1.165) is 17.9 Å². The predicted octanol–water partition coefficient (Wildman–Crippen LogP) is 1.90. The number of anilines is 1. The van der Waals surface area contributed by atoms with Crippen LogP contribution in [0.5, 0.6) is 0 Å². The molecule has 3 N–H and O–H groups in total. The maximum Gasteiger partial charge on any atom is 0.0832 e. The number of hydrogen-bond acceptors (Lipinski definition) is 3. The summed E-state index contributed by atoms with van der Waals surface area (Å²) in [7, 11) is 0. The molecule has 0 saturated heterocycles. The molecule has 0 radical (unpaired) electrons. The first-order valence-electron chi connectivity index (χ1n) is 5.05. The molecule has 1 aromatic heterocycles. The van der Waals surface area contributed by atoms with Crippen LogP contribution in [0.15, 0.2) is 36.7 Å². The standard InChI is InChI=1S/C11H13ClN4/c12-10-3-1-2-4-11(10)16-8-9(7-15-16)14-6-5-13/h1-4,7-8,14H,5-6,13H2. The van der Waals surface area contributed by atoms with Crippen LogP contribution in [-0.4, -0.2) is 22.9 Å². The number of nitrogens with one attached hydrogen (secondary N) is 1. The van der Waals surface area contributed by atoms with E-state index < -0.39 is 0 Å². The van der Waals surface area contributed by atoms with E-state index in [2.05, 4.69) is 10.4 Å². The maximum atomic E-state index is 6.07. The van der Waals surface area contributed by atoms with Gasteiger partial charge in [0.1, 0.15) is 0 Å². The average Bonchev–Trinajstić information content (AvgIpc) is 2.75. The van der Waals surface area contributed by atoms with E-state index in [4.69, 9.17) is 17.3 Å². The summed E-state index contributed by atoms with van der Waals surface area (Å²) in [6.07, 6.45) is 3.63. The van der Waals surface area contributed by atoms with E-state index in [1.165, 1.54) is 0 Å². The van der Waals surface area contributed by atoms with Gasteiger partial charge >= 0.3 is 0 Å². The fraction of sp³-hybridized carbons (Fsp3) is 0.182. The topological polar surface area (TPSA) is 55.9 Å². The zero-order valence-electron chi connectivity index (χ0n) is 8.73. The van der Waals surface area contributed by atoms with Crippen molar-refractivity contribution in [3.05, 3.63) is 41.7 Å². The molecule has 0 spiro atoms. The van der Waals surface area contributed by atoms with Gasteiger partial charge < -0.3 is 11.1 Å². The molecule has 5 heteroatoms. The van der Waals surface area contributed by atoms with Crippen molar-refractivity contribution < 1.29 is 0 Å². The highest BCUT2D eigenvalue weighted by Crippen LogP contribution is 2.20. The van der Waals surface area contributed by atoms with E-state index in [9.17, 15) is 0 Å². The van der Waals surface area contributed by atoms with Crippen LogP contribution in [0.1, 0.15) is 0 Å². The van der Waals surface area contributed by atoms with Gasteiger partial charge in [-0.25, -0.2) is 4.68 Å². The van der Waals surface area contributed by atoms with Crippen molar-refractivity contribution >= 4 is 17.3 Å². The molecule has 4 nitrogen and oxygen atoms in total. The molecule has 0 amide bonds. The van der Waals surface area contributed by atoms with Crippen LogP contribution in [0, 0.1) is 0 Å². The molecule has 84 valence electrons. The van der Waals surface area contributed by atoms with Crippen LogP contribution < -0.4 is 11.1 Å². The molecular formula is C11H13ClN4. The molecule has 0 aliphatic heterocycles. The second-order valence-electron chi connectivity index (χ2n) is 3.34. The molecule has 0 aliphatic rings. The van der Waals surface area contributed by atoms with Gasteiger partial charge in [-0.3, -0.25) is 0 Å². The van der Waals surface area contributed by atoms with Gasteiger partial charge in [-0.05, 0) is 12.1 Å². The zero-order valence-corrected chi connectivity index (χ0v) is 9.48. The maximum absolute atomic E-state index is 6.07. The Balaban J connectivity index is 2.22. The number of para-hydroxylation sites is 1. The van der Waals surface area contributed by atoms with Crippen LogP contribution >= 0.6 is 11.6 Å². The van der Waals surface area contributed by atoms with Crippen LogP contribution in [0.25, 0.3) is 5.69 Å². The number of rotatable bonds is 4. The quantitative estimate of drug-likeness (QED) is 0.853. The molecule has 0 aliphatic carbocycles. The van der Waals surface area contributed by atoms with Crippen molar-refractivity contribution in [1.29, 1.82) is 0 Å². The summed E-state index contributed by atoms with van der Waals surface area (Å²) in [5.41, 5.74) is 7.21. The monoisotopic (exact) mass is 236 g/mol. The Morgan fingerprint density at radius 1 is 1.38 bits per heavy atom. The molecule has 0 fully saturated rings. The van der Waals surface area contributed by atoms with Crippen molar-refractivity contribution in [3.8, 4) is 5.69 Å². The summed E-state index contributed by atoms with van der Waals surface area (Å²) >= 11 is 6.07. The third-order valence-corrected chi connectivity index (χ3v) is 2.47. The lowest BCUT2D eigenvalue weighted by Crippen LogP contribution is -2.12. The number of aromatic nitrogens is 2. The first kappa shape index (κ1) is 11.0. The lowest BCUT2D eigenvalue weighted by Gasteiger charge is -2.03. The van der Waals surface area contributed by atoms with Gasteiger partial charge in [0.25, 0.3) is 0 Å². The summed E-state index contributed by atoms with van der Waals surface area (Å²) < 4.78 is 1.74. The fourth-order valence-electron chi connectivity index (χ4n) is 1.40. The summed E-state index contributed by atoms with van der Waals surface area (Å²) in [6, 6.07) is 7.58. The minimum Gasteiger partial charge on any atom is -0.381 e. The minimum absolute atomic E-state index is 0.595. The molecule has 0 atom stereocenters. The number of hydrogen-bond donors (Lipinski definition) is 2. The highest BCUT2D eigenvalue weighted by molar-refractivity contribution is 6.32. The lowest BCUT2D eigenvalue weighted by atomic mass is 10.3. The number of nitrogens with zero attached hydrogens (tertiary/aromatic N) is 2. The van der Waals surface area contributed by atoms with E-state index in [-0.39, 0.29) is 0 Å². The van der Waals surface area contributed by atoms with Gasteiger partial charge in [-0.15, -0.1) is 0 Å². The van der Waals surface area contributed by atoms with E-state index in [1.807, 2.05) is 30.5 Å². The number of halogens is 1. The molecule has 2 aromatic rings. The van der Waals surface area contributed by atoms with Gasteiger partial charge in [0.2, 0.25) is 0 Å². The molecule has 0 saturated carbocycles. The van der Waals surface area contributed by atoms with Gasteiger partial charge in [0, 0.05) is 13.1 Å². The van der Waals surface area contributed by atoms with E-state index in [0.29, 0.717) is 11.6 Å².